The number of fused-ring (bicyclic) bond motifs is 1. The molecular weight excluding hydrogens is 386 g/mol. The van der Waals surface area contributed by atoms with Gasteiger partial charge in [0.05, 0.1) is 7.11 Å². The summed E-state index contributed by atoms with van der Waals surface area (Å²) in [6.45, 7) is 4.43. The Balaban J connectivity index is 1.58. The van der Waals surface area contributed by atoms with Crippen molar-refractivity contribution in [2.24, 2.45) is 0 Å². The van der Waals surface area contributed by atoms with Gasteiger partial charge >= 0.3 is 6.03 Å². The van der Waals surface area contributed by atoms with Crippen molar-refractivity contribution in [3.63, 3.8) is 0 Å². The molecule has 4 aromatic rings. The van der Waals surface area contributed by atoms with Crippen molar-refractivity contribution in [3.8, 4) is 16.9 Å². The summed E-state index contributed by atoms with van der Waals surface area (Å²) < 4.78 is 5.37. The molecule has 1 aromatic heterocycles. The molecule has 0 aliphatic heterocycles. The predicted octanol–water partition coefficient (Wildman–Crippen LogP) is 5.85. The first-order chi connectivity index (χ1) is 15.1. The Morgan fingerprint density at radius 3 is 2.68 bits per heavy atom. The van der Waals surface area contributed by atoms with Crippen molar-refractivity contribution >= 4 is 22.5 Å². The topological polar surface area (TPSA) is 63.2 Å². The number of hydrogen-bond donors (Lipinski definition) is 2. The molecular formula is C26H25N3O2. The fourth-order valence-electron chi connectivity index (χ4n) is 3.67. The molecule has 0 aliphatic carbocycles. The molecule has 3 aromatic carbocycles. The fraction of sp³-hybridized carbons (Fsp3) is 0.154. The summed E-state index contributed by atoms with van der Waals surface area (Å²) in [6.07, 6.45) is 3.63. The molecule has 0 aliphatic rings. The summed E-state index contributed by atoms with van der Waals surface area (Å²) in [6, 6.07) is 19.8. The third-order valence-corrected chi connectivity index (χ3v) is 5.58. The average molecular weight is 412 g/mol. The molecule has 2 amide bonds. The lowest BCUT2D eigenvalue weighted by atomic mass is 9.96. The molecule has 0 saturated carbocycles. The molecule has 5 nitrogen and oxygen atoms in total. The van der Waals surface area contributed by atoms with E-state index in [1.807, 2.05) is 68.6 Å². The molecule has 0 radical (unpaired) electrons. The maximum absolute atomic E-state index is 12.5. The molecule has 31 heavy (non-hydrogen) atoms. The highest BCUT2D eigenvalue weighted by Crippen LogP contribution is 2.32. The number of rotatable bonds is 5. The van der Waals surface area contributed by atoms with Crippen LogP contribution in [0.5, 0.6) is 5.75 Å². The smallest absolute Gasteiger partial charge is 0.319 e. The minimum Gasteiger partial charge on any atom is -0.497 e. The van der Waals surface area contributed by atoms with E-state index in [1.165, 1.54) is 0 Å². The van der Waals surface area contributed by atoms with Crippen molar-refractivity contribution in [3.05, 3.63) is 89.7 Å². The molecule has 1 heterocycles. The Bertz CT molecular complexity index is 1250. The third-order valence-electron chi connectivity index (χ3n) is 5.58. The Kier molecular flexibility index (Phi) is 5.85. The van der Waals surface area contributed by atoms with Crippen LogP contribution in [-0.2, 0) is 6.54 Å². The van der Waals surface area contributed by atoms with Gasteiger partial charge in [0, 0.05) is 30.0 Å². The number of carbonyl (C=O) groups excluding carboxylic acids is 1. The molecule has 156 valence electrons. The zero-order valence-corrected chi connectivity index (χ0v) is 17.9. The normalized spacial score (nSPS) is 10.7. The van der Waals surface area contributed by atoms with Crippen molar-refractivity contribution in [2.45, 2.75) is 20.4 Å². The lowest BCUT2D eigenvalue weighted by molar-refractivity contribution is 0.252. The maximum atomic E-state index is 12.5. The Morgan fingerprint density at radius 1 is 1.00 bits per heavy atom. The molecule has 0 bridgehead atoms. The van der Waals surface area contributed by atoms with E-state index in [-0.39, 0.29) is 6.03 Å². The van der Waals surface area contributed by atoms with Gasteiger partial charge in [0.1, 0.15) is 5.75 Å². The predicted molar refractivity (Wildman–Crippen MR) is 126 cm³/mol. The van der Waals surface area contributed by atoms with Crippen LogP contribution < -0.4 is 15.4 Å². The minimum absolute atomic E-state index is 0.234. The minimum atomic E-state index is -0.234. The van der Waals surface area contributed by atoms with Crippen molar-refractivity contribution < 1.29 is 9.53 Å². The second kappa shape index (κ2) is 8.88. The number of aryl methyl sites for hydroxylation is 1. The zero-order chi connectivity index (χ0) is 21.8. The summed E-state index contributed by atoms with van der Waals surface area (Å²) in [5.41, 5.74) is 6.20. The number of hydrogen-bond acceptors (Lipinski definition) is 3. The fourth-order valence-corrected chi connectivity index (χ4v) is 3.67. The second-order valence-corrected chi connectivity index (χ2v) is 7.48. The number of nitrogens with one attached hydrogen (secondary N) is 2. The first-order valence-corrected chi connectivity index (χ1v) is 10.2. The van der Waals surface area contributed by atoms with Gasteiger partial charge in [-0.1, -0.05) is 36.4 Å². The van der Waals surface area contributed by atoms with E-state index >= 15 is 0 Å². The van der Waals surface area contributed by atoms with E-state index < -0.39 is 0 Å². The van der Waals surface area contributed by atoms with Crippen molar-refractivity contribution in [1.29, 1.82) is 0 Å². The van der Waals surface area contributed by atoms with Crippen LogP contribution >= 0.6 is 0 Å². The quantitative estimate of drug-likeness (QED) is 0.433. The standard InChI is InChI=1S/C26H25N3O2/c1-17-6-4-9-25(18(17)2)29-26(30)28-15-20-10-11-22(23-12-13-27-16-24(20)23)19-7-5-8-21(14-19)31-3/h4-14,16H,15H2,1-3H3,(H2,28,29,30). The highest BCUT2D eigenvalue weighted by atomic mass is 16.5. The SMILES string of the molecule is COc1cccc(-c2ccc(CNC(=O)Nc3cccc(C)c3C)c3cnccc23)c1. The van der Waals surface area contributed by atoms with Gasteiger partial charge in [0.25, 0.3) is 0 Å². The number of amides is 2. The average Bonchev–Trinajstić information content (AvgIpc) is 2.80. The lowest BCUT2D eigenvalue weighted by Crippen LogP contribution is -2.28. The van der Waals surface area contributed by atoms with E-state index in [0.29, 0.717) is 6.54 Å². The number of ether oxygens (including phenoxy) is 1. The molecule has 0 spiro atoms. The number of aromatic nitrogens is 1. The van der Waals surface area contributed by atoms with E-state index in [9.17, 15) is 4.79 Å². The number of nitrogens with zero attached hydrogens (tertiary/aromatic N) is 1. The van der Waals surface area contributed by atoms with Crippen molar-refractivity contribution in [2.75, 3.05) is 12.4 Å². The van der Waals surface area contributed by atoms with Crippen LogP contribution in [0.25, 0.3) is 21.9 Å². The highest BCUT2D eigenvalue weighted by Gasteiger charge is 2.11. The third kappa shape index (κ3) is 4.36. The van der Waals surface area contributed by atoms with Gasteiger partial charge in [0.15, 0.2) is 0 Å². The summed E-state index contributed by atoms with van der Waals surface area (Å²) in [7, 11) is 1.67. The van der Waals surface area contributed by atoms with Crippen LogP contribution in [0.4, 0.5) is 10.5 Å². The summed E-state index contributed by atoms with van der Waals surface area (Å²) in [4.78, 5) is 16.8. The summed E-state index contributed by atoms with van der Waals surface area (Å²) >= 11 is 0. The van der Waals surface area contributed by atoms with Gasteiger partial charge in [-0.05, 0) is 71.3 Å². The van der Waals surface area contributed by atoms with Crippen molar-refractivity contribution in [1.82, 2.24) is 10.3 Å². The lowest BCUT2D eigenvalue weighted by Gasteiger charge is -2.14. The Hall–Kier alpha value is -3.86. The van der Waals surface area contributed by atoms with Crippen LogP contribution in [0.2, 0.25) is 0 Å². The monoisotopic (exact) mass is 411 g/mol. The summed E-state index contributed by atoms with van der Waals surface area (Å²) in [5, 5.41) is 8.00. The largest absolute Gasteiger partial charge is 0.497 e. The molecule has 0 saturated heterocycles. The Labute approximate surface area is 182 Å². The van der Waals surface area contributed by atoms with Crippen LogP contribution in [-0.4, -0.2) is 18.1 Å². The van der Waals surface area contributed by atoms with E-state index in [0.717, 1.165) is 50.0 Å². The number of pyridine rings is 1. The molecule has 0 unspecified atom stereocenters. The summed E-state index contributed by atoms with van der Waals surface area (Å²) in [5.74, 6) is 0.813. The molecule has 5 heteroatoms. The Morgan fingerprint density at radius 2 is 1.84 bits per heavy atom. The first-order valence-electron chi connectivity index (χ1n) is 10.2. The highest BCUT2D eigenvalue weighted by molar-refractivity contribution is 5.98. The van der Waals surface area contributed by atoms with Gasteiger partial charge in [0.2, 0.25) is 0 Å². The van der Waals surface area contributed by atoms with Crippen LogP contribution in [0.15, 0.2) is 73.1 Å². The number of carbonyl (C=O) groups is 1. The zero-order valence-electron chi connectivity index (χ0n) is 17.9. The number of urea groups is 1. The van der Waals surface area contributed by atoms with Gasteiger partial charge in [-0.25, -0.2) is 4.79 Å². The van der Waals surface area contributed by atoms with E-state index in [1.54, 1.807) is 13.3 Å². The number of benzene rings is 3. The van der Waals surface area contributed by atoms with Gasteiger partial charge in [-0.15, -0.1) is 0 Å². The van der Waals surface area contributed by atoms with Crippen LogP contribution in [0.3, 0.4) is 0 Å². The number of anilines is 1. The van der Waals surface area contributed by atoms with Gasteiger partial charge in [-0.3, -0.25) is 4.98 Å². The van der Waals surface area contributed by atoms with Crippen LogP contribution in [0.1, 0.15) is 16.7 Å². The van der Waals surface area contributed by atoms with Gasteiger partial charge in [-0.2, -0.15) is 0 Å². The van der Waals surface area contributed by atoms with E-state index in [4.69, 9.17) is 4.74 Å². The van der Waals surface area contributed by atoms with Gasteiger partial charge < -0.3 is 15.4 Å². The number of methoxy groups -OCH3 is 1. The van der Waals surface area contributed by atoms with Crippen LogP contribution in [0, 0.1) is 13.8 Å². The van der Waals surface area contributed by atoms with E-state index in [2.05, 4.69) is 27.8 Å². The molecule has 2 N–H and O–H groups in total. The molecule has 4 rings (SSSR count). The second-order valence-electron chi connectivity index (χ2n) is 7.48. The molecule has 0 fully saturated rings. The first kappa shape index (κ1) is 20.4. The maximum Gasteiger partial charge on any atom is 0.319 e. The molecule has 0 atom stereocenters.